The van der Waals surface area contributed by atoms with E-state index in [0.717, 1.165) is 37.0 Å². The molecule has 2 atom stereocenters. The number of amides is 1. The van der Waals surface area contributed by atoms with Gasteiger partial charge in [-0.05, 0) is 25.0 Å². The van der Waals surface area contributed by atoms with Gasteiger partial charge in [0.15, 0.2) is 0 Å². The van der Waals surface area contributed by atoms with E-state index in [-0.39, 0.29) is 22.9 Å². The smallest absolute Gasteiger partial charge is 0.345 e. The fraction of sp³-hybridized carbons (Fsp3) is 0.571. The number of carboxylic acid groups (broad SMARTS) is 1. The minimum Gasteiger partial charge on any atom is -0.477 e. The fourth-order valence-corrected chi connectivity index (χ4v) is 3.86. The van der Waals surface area contributed by atoms with Crippen molar-refractivity contribution in [3.63, 3.8) is 0 Å². The number of nitrogens with zero attached hydrogens (tertiary/aromatic N) is 1. The molecule has 2 heterocycles. The lowest BCUT2D eigenvalue weighted by molar-refractivity contribution is -0.0751. The lowest BCUT2D eigenvalue weighted by Gasteiger charge is -2.43. The zero-order valence-corrected chi connectivity index (χ0v) is 11.9. The third kappa shape index (κ3) is 2.45. The molecule has 3 rings (SSSR count). The Labute approximate surface area is 121 Å². The molecule has 0 bridgehead atoms. The monoisotopic (exact) mass is 295 g/mol. The number of carbonyl (C=O) groups is 2. The Hall–Kier alpha value is -1.40. The molecule has 20 heavy (non-hydrogen) atoms. The fourth-order valence-electron chi connectivity index (χ4n) is 3.06. The van der Waals surface area contributed by atoms with Crippen molar-refractivity contribution in [2.75, 3.05) is 13.2 Å². The number of thiophene rings is 1. The Morgan fingerprint density at radius 3 is 2.75 bits per heavy atom. The molecule has 1 aliphatic carbocycles. The predicted octanol–water partition coefficient (Wildman–Crippen LogP) is 2.23. The highest BCUT2D eigenvalue weighted by atomic mass is 32.1. The predicted molar refractivity (Wildman–Crippen MR) is 74.3 cm³/mol. The molecule has 1 aliphatic heterocycles. The number of carbonyl (C=O) groups excluding carboxylic acids is 1. The van der Waals surface area contributed by atoms with Crippen LogP contribution < -0.4 is 0 Å². The van der Waals surface area contributed by atoms with E-state index in [0.29, 0.717) is 18.0 Å². The van der Waals surface area contributed by atoms with Gasteiger partial charge in [-0.25, -0.2) is 4.79 Å². The third-order valence-electron chi connectivity index (χ3n) is 4.02. The van der Waals surface area contributed by atoms with Crippen LogP contribution in [0.25, 0.3) is 0 Å². The van der Waals surface area contributed by atoms with Crippen molar-refractivity contribution >= 4 is 23.2 Å². The van der Waals surface area contributed by atoms with E-state index < -0.39 is 5.97 Å². The summed E-state index contributed by atoms with van der Waals surface area (Å²) in [5.41, 5.74) is 0. The summed E-state index contributed by atoms with van der Waals surface area (Å²) in [4.78, 5) is 26.1. The molecule has 0 spiro atoms. The molecule has 108 valence electrons. The van der Waals surface area contributed by atoms with Gasteiger partial charge in [-0.2, -0.15) is 0 Å². The SMILES string of the molecule is O=C(O)c1ccc(C(=O)N2CCO[C@@H]3CCCC[C@H]32)s1. The topological polar surface area (TPSA) is 66.8 Å². The van der Waals surface area contributed by atoms with Crippen LogP contribution >= 0.6 is 11.3 Å². The molecule has 1 amide bonds. The quantitative estimate of drug-likeness (QED) is 0.908. The summed E-state index contributed by atoms with van der Waals surface area (Å²) in [6, 6.07) is 3.27. The second-order valence-electron chi connectivity index (χ2n) is 5.23. The van der Waals surface area contributed by atoms with E-state index >= 15 is 0 Å². The highest BCUT2D eigenvalue weighted by Gasteiger charge is 2.37. The van der Waals surface area contributed by atoms with Crippen molar-refractivity contribution in [1.82, 2.24) is 4.90 Å². The number of rotatable bonds is 2. The van der Waals surface area contributed by atoms with Gasteiger partial charge in [0.1, 0.15) is 4.88 Å². The van der Waals surface area contributed by atoms with Crippen molar-refractivity contribution < 1.29 is 19.4 Å². The highest BCUT2D eigenvalue weighted by Crippen LogP contribution is 2.30. The summed E-state index contributed by atoms with van der Waals surface area (Å²) >= 11 is 1.05. The van der Waals surface area contributed by atoms with Gasteiger partial charge in [-0.1, -0.05) is 12.8 Å². The number of morpholine rings is 1. The molecule has 0 unspecified atom stereocenters. The highest BCUT2D eigenvalue weighted by molar-refractivity contribution is 7.15. The van der Waals surface area contributed by atoms with E-state index in [9.17, 15) is 9.59 Å². The van der Waals surface area contributed by atoms with Gasteiger partial charge < -0.3 is 14.7 Å². The Balaban J connectivity index is 1.79. The van der Waals surface area contributed by atoms with E-state index in [1.54, 1.807) is 6.07 Å². The molecular formula is C14H17NO4S. The van der Waals surface area contributed by atoms with Crippen LogP contribution in [0.5, 0.6) is 0 Å². The van der Waals surface area contributed by atoms with Crippen LogP contribution in [0.15, 0.2) is 12.1 Å². The molecule has 0 aromatic carbocycles. The van der Waals surface area contributed by atoms with Crippen molar-refractivity contribution in [2.45, 2.75) is 37.8 Å². The van der Waals surface area contributed by atoms with Crippen LogP contribution in [0.2, 0.25) is 0 Å². The van der Waals surface area contributed by atoms with Crippen LogP contribution in [0.4, 0.5) is 0 Å². The van der Waals surface area contributed by atoms with Crippen molar-refractivity contribution in [2.24, 2.45) is 0 Å². The van der Waals surface area contributed by atoms with E-state index in [2.05, 4.69) is 0 Å². The first-order valence-corrected chi connectivity index (χ1v) is 7.74. The largest absolute Gasteiger partial charge is 0.477 e. The Morgan fingerprint density at radius 1 is 1.25 bits per heavy atom. The standard InChI is InChI=1S/C14H17NO4S/c16-13(11-5-6-12(20-11)14(17)18)15-7-8-19-10-4-2-1-3-9(10)15/h5-6,9-10H,1-4,7-8H2,(H,17,18)/t9-,10-/m1/s1. The second-order valence-corrected chi connectivity index (χ2v) is 6.31. The lowest BCUT2D eigenvalue weighted by Crippen LogP contribution is -2.54. The summed E-state index contributed by atoms with van der Waals surface area (Å²) in [7, 11) is 0. The van der Waals surface area contributed by atoms with Crippen molar-refractivity contribution in [1.29, 1.82) is 0 Å². The summed E-state index contributed by atoms with van der Waals surface area (Å²) in [5, 5.41) is 8.94. The van der Waals surface area contributed by atoms with Crippen LogP contribution in [-0.4, -0.2) is 47.2 Å². The van der Waals surface area contributed by atoms with Gasteiger partial charge in [-0.15, -0.1) is 11.3 Å². The number of fused-ring (bicyclic) bond motifs is 1. The van der Waals surface area contributed by atoms with E-state index in [1.807, 2.05) is 4.90 Å². The number of carboxylic acids is 1. The van der Waals surface area contributed by atoms with Crippen molar-refractivity contribution in [3.8, 4) is 0 Å². The van der Waals surface area contributed by atoms with E-state index in [1.165, 1.54) is 6.07 Å². The molecule has 1 saturated carbocycles. The Kier molecular flexibility index (Phi) is 3.76. The molecule has 1 N–H and O–H groups in total. The zero-order valence-electron chi connectivity index (χ0n) is 11.1. The summed E-state index contributed by atoms with van der Waals surface area (Å²) in [5.74, 6) is -1.03. The zero-order chi connectivity index (χ0) is 14.1. The molecule has 1 aromatic heterocycles. The average molecular weight is 295 g/mol. The molecule has 2 fully saturated rings. The summed E-state index contributed by atoms with van der Waals surface area (Å²) in [6.45, 7) is 1.17. The van der Waals surface area contributed by atoms with Gasteiger partial charge in [0.05, 0.1) is 23.6 Å². The normalized spacial score (nSPS) is 26.1. The lowest BCUT2D eigenvalue weighted by atomic mass is 9.90. The third-order valence-corrected chi connectivity index (χ3v) is 5.08. The average Bonchev–Trinajstić information content (AvgIpc) is 2.96. The first-order chi connectivity index (χ1) is 9.66. The van der Waals surface area contributed by atoms with Crippen LogP contribution in [0, 0.1) is 0 Å². The minimum absolute atomic E-state index is 0.0531. The molecule has 0 radical (unpaired) electrons. The minimum atomic E-state index is -0.980. The molecule has 1 aromatic rings. The Bertz CT molecular complexity index is 525. The maximum Gasteiger partial charge on any atom is 0.345 e. The maximum absolute atomic E-state index is 12.6. The van der Waals surface area contributed by atoms with Gasteiger partial charge >= 0.3 is 5.97 Å². The number of aromatic carboxylic acids is 1. The number of ether oxygens (including phenoxy) is 1. The van der Waals surface area contributed by atoms with Gasteiger partial charge in [-0.3, -0.25) is 4.79 Å². The summed E-state index contributed by atoms with van der Waals surface area (Å²) < 4.78 is 5.76. The van der Waals surface area contributed by atoms with Gasteiger partial charge in [0, 0.05) is 6.54 Å². The number of hydrogen-bond donors (Lipinski definition) is 1. The number of hydrogen-bond acceptors (Lipinski definition) is 4. The van der Waals surface area contributed by atoms with Crippen LogP contribution in [0.3, 0.4) is 0 Å². The molecule has 2 aliphatic rings. The molecular weight excluding hydrogens is 278 g/mol. The van der Waals surface area contributed by atoms with E-state index in [4.69, 9.17) is 9.84 Å². The van der Waals surface area contributed by atoms with Gasteiger partial charge in [0.25, 0.3) is 5.91 Å². The van der Waals surface area contributed by atoms with Crippen molar-refractivity contribution in [3.05, 3.63) is 21.9 Å². The first-order valence-electron chi connectivity index (χ1n) is 6.92. The summed E-state index contributed by atoms with van der Waals surface area (Å²) in [6.07, 6.45) is 4.43. The molecule has 5 nitrogen and oxygen atoms in total. The first kappa shape index (κ1) is 13.6. The maximum atomic E-state index is 12.6. The molecule has 1 saturated heterocycles. The molecule has 6 heteroatoms. The van der Waals surface area contributed by atoms with Crippen LogP contribution in [-0.2, 0) is 4.74 Å². The second kappa shape index (κ2) is 5.54. The van der Waals surface area contributed by atoms with Gasteiger partial charge in [0.2, 0.25) is 0 Å². The van der Waals surface area contributed by atoms with Crippen LogP contribution in [0.1, 0.15) is 45.0 Å². The Morgan fingerprint density at radius 2 is 2.00 bits per heavy atom.